The first-order valence-corrected chi connectivity index (χ1v) is 7.85. The lowest BCUT2D eigenvalue weighted by Gasteiger charge is -2.24. The molecule has 0 aromatic carbocycles. The minimum atomic E-state index is -0.813. The van der Waals surface area contributed by atoms with Gasteiger partial charge in [0.1, 0.15) is 24.1 Å². The minimum Gasteiger partial charge on any atom is -0.357 e. The quantitative estimate of drug-likeness (QED) is 0.791. The monoisotopic (exact) mass is 353 g/mol. The van der Waals surface area contributed by atoms with Gasteiger partial charge in [-0.3, -0.25) is 9.36 Å². The maximum Gasteiger partial charge on any atom is 0.251 e. The van der Waals surface area contributed by atoms with Crippen molar-refractivity contribution in [1.29, 1.82) is 0 Å². The van der Waals surface area contributed by atoms with Gasteiger partial charge in [0.15, 0.2) is 28.9 Å². The highest BCUT2D eigenvalue weighted by Gasteiger charge is 2.58. The lowest BCUT2D eigenvalue weighted by Crippen LogP contribution is -2.41. The van der Waals surface area contributed by atoms with Crippen molar-refractivity contribution < 1.29 is 19.0 Å². The Labute approximate surface area is 142 Å². The SMILES string of the molecule is CNC(=O)[C@H]1O[C@@H](n2cnc3c(Cl)ncnc32)[C@@H]2OC(C)(C)O[C@@H]21. The summed E-state index contributed by atoms with van der Waals surface area (Å²) in [7, 11) is 1.55. The molecule has 1 N–H and O–H groups in total. The predicted octanol–water partition coefficient (Wildman–Crippen LogP) is 0.643. The van der Waals surface area contributed by atoms with Gasteiger partial charge >= 0.3 is 0 Å². The Hall–Kier alpha value is -1.81. The fourth-order valence-corrected chi connectivity index (χ4v) is 3.34. The molecule has 2 aromatic rings. The number of carbonyl (C=O) groups is 1. The van der Waals surface area contributed by atoms with Gasteiger partial charge in [0, 0.05) is 7.05 Å². The molecule has 0 aliphatic carbocycles. The van der Waals surface area contributed by atoms with E-state index in [-0.39, 0.29) is 11.1 Å². The molecule has 0 spiro atoms. The molecule has 4 rings (SSSR count). The summed E-state index contributed by atoms with van der Waals surface area (Å²) in [6, 6.07) is 0. The molecule has 128 valence electrons. The van der Waals surface area contributed by atoms with E-state index in [0.29, 0.717) is 11.2 Å². The highest BCUT2D eigenvalue weighted by Crippen LogP contribution is 2.43. The molecule has 2 aliphatic heterocycles. The average Bonchev–Trinajstić information content (AvgIpc) is 3.18. The molecular formula is C14H16ClN5O4. The van der Waals surface area contributed by atoms with Gasteiger partial charge in [0.25, 0.3) is 5.91 Å². The Morgan fingerprint density at radius 3 is 2.79 bits per heavy atom. The van der Waals surface area contributed by atoms with E-state index in [1.54, 1.807) is 31.8 Å². The van der Waals surface area contributed by atoms with Crippen LogP contribution in [0.5, 0.6) is 0 Å². The molecule has 9 nitrogen and oxygen atoms in total. The number of imidazole rings is 1. The van der Waals surface area contributed by atoms with Crippen molar-refractivity contribution in [2.75, 3.05) is 7.05 Å². The second-order valence-corrected chi connectivity index (χ2v) is 6.47. The molecule has 2 aromatic heterocycles. The smallest absolute Gasteiger partial charge is 0.251 e. The second-order valence-electron chi connectivity index (χ2n) is 6.11. The van der Waals surface area contributed by atoms with Gasteiger partial charge in [-0.1, -0.05) is 11.6 Å². The summed E-state index contributed by atoms with van der Waals surface area (Å²) >= 11 is 6.05. The summed E-state index contributed by atoms with van der Waals surface area (Å²) in [6.07, 6.45) is 0.486. The van der Waals surface area contributed by atoms with Crippen LogP contribution in [0, 0.1) is 0 Å². The summed E-state index contributed by atoms with van der Waals surface area (Å²) in [5.41, 5.74) is 0.963. The van der Waals surface area contributed by atoms with E-state index in [0.717, 1.165) is 0 Å². The van der Waals surface area contributed by atoms with Gasteiger partial charge in [-0.25, -0.2) is 15.0 Å². The number of amides is 1. The van der Waals surface area contributed by atoms with Crippen LogP contribution >= 0.6 is 11.6 Å². The molecule has 0 radical (unpaired) electrons. The number of likely N-dealkylation sites (N-methyl/N-ethyl adjacent to an activating group) is 1. The Morgan fingerprint density at radius 2 is 2.04 bits per heavy atom. The first-order valence-electron chi connectivity index (χ1n) is 7.47. The van der Waals surface area contributed by atoms with Gasteiger partial charge in [-0.05, 0) is 13.8 Å². The third kappa shape index (κ3) is 2.27. The van der Waals surface area contributed by atoms with Crippen LogP contribution in [0.15, 0.2) is 12.7 Å². The highest BCUT2D eigenvalue weighted by atomic mass is 35.5. The largest absolute Gasteiger partial charge is 0.357 e. The molecule has 0 saturated carbocycles. The molecule has 1 amide bonds. The molecular weight excluding hydrogens is 338 g/mol. The Kier molecular flexibility index (Phi) is 3.50. The van der Waals surface area contributed by atoms with Crippen molar-refractivity contribution >= 4 is 28.7 Å². The van der Waals surface area contributed by atoms with Gasteiger partial charge in [-0.15, -0.1) is 0 Å². The second kappa shape index (κ2) is 5.35. The maximum absolute atomic E-state index is 12.2. The van der Waals surface area contributed by atoms with E-state index in [4.69, 9.17) is 25.8 Å². The normalized spacial score (nSPS) is 31.3. The number of nitrogens with zero attached hydrogens (tertiary/aromatic N) is 4. The number of aromatic nitrogens is 4. The van der Waals surface area contributed by atoms with Crippen LogP contribution in [-0.2, 0) is 19.0 Å². The highest BCUT2D eigenvalue weighted by molar-refractivity contribution is 6.33. The molecule has 2 saturated heterocycles. The number of hydrogen-bond donors (Lipinski definition) is 1. The zero-order chi connectivity index (χ0) is 17.1. The number of carbonyl (C=O) groups excluding carboxylic acids is 1. The van der Waals surface area contributed by atoms with E-state index < -0.39 is 30.3 Å². The average molecular weight is 354 g/mol. The van der Waals surface area contributed by atoms with Crippen molar-refractivity contribution in [3.8, 4) is 0 Å². The molecule has 4 heterocycles. The minimum absolute atomic E-state index is 0.250. The summed E-state index contributed by atoms with van der Waals surface area (Å²) < 4.78 is 19.4. The summed E-state index contributed by atoms with van der Waals surface area (Å²) in [5, 5.41) is 2.84. The van der Waals surface area contributed by atoms with Gasteiger partial charge in [0.2, 0.25) is 0 Å². The van der Waals surface area contributed by atoms with Crippen molar-refractivity contribution in [2.45, 2.75) is 44.2 Å². The van der Waals surface area contributed by atoms with Crippen molar-refractivity contribution in [2.24, 2.45) is 0 Å². The van der Waals surface area contributed by atoms with Crippen molar-refractivity contribution in [3.63, 3.8) is 0 Å². The standard InChI is InChI=1S/C14H16ClN5O4/c1-14(2)23-7-8(12(21)16-3)22-13(9(7)24-14)20-5-19-6-10(15)17-4-18-11(6)20/h4-5,7-9,13H,1-3H3,(H,16,21)/t7-,8+,9-,13-/m1/s1. The van der Waals surface area contributed by atoms with Gasteiger partial charge < -0.3 is 19.5 Å². The molecule has 2 fully saturated rings. The molecule has 0 bridgehead atoms. The van der Waals surface area contributed by atoms with Crippen molar-refractivity contribution in [1.82, 2.24) is 24.8 Å². The Bertz CT molecular complexity index is 810. The number of hydrogen-bond acceptors (Lipinski definition) is 7. The summed E-state index contributed by atoms with van der Waals surface area (Å²) in [4.78, 5) is 24.5. The van der Waals surface area contributed by atoms with E-state index in [1.807, 2.05) is 0 Å². The number of rotatable bonds is 2. The Balaban J connectivity index is 1.77. The van der Waals surface area contributed by atoms with Gasteiger partial charge in [-0.2, -0.15) is 0 Å². The summed E-state index contributed by atoms with van der Waals surface area (Å²) in [5.74, 6) is -1.09. The van der Waals surface area contributed by atoms with E-state index in [1.165, 1.54) is 6.33 Å². The van der Waals surface area contributed by atoms with E-state index in [2.05, 4.69) is 20.3 Å². The Morgan fingerprint density at radius 1 is 1.29 bits per heavy atom. The van der Waals surface area contributed by atoms with Gasteiger partial charge in [0.05, 0.1) is 6.33 Å². The van der Waals surface area contributed by atoms with Crippen LogP contribution in [-0.4, -0.2) is 56.6 Å². The first-order chi connectivity index (χ1) is 11.4. The fourth-order valence-electron chi connectivity index (χ4n) is 3.16. The third-order valence-electron chi connectivity index (χ3n) is 4.12. The molecule has 10 heteroatoms. The first kappa shape index (κ1) is 15.7. The van der Waals surface area contributed by atoms with Crippen LogP contribution < -0.4 is 5.32 Å². The van der Waals surface area contributed by atoms with Crippen LogP contribution in [0.3, 0.4) is 0 Å². The maximum atomic E-state index is 12.2. The molecule has 24 heavy (non-hydrogen) atoms. The molecule has 2 aliphatic rings. The molecule has 4 atom stereocenters. The lowest BCUT2D eigenvalue weighted by molar-refractivity contribution is -0.197. The van der Waals surface area contributed by atoms with Crippen LogP contribution in [0.4, 0.5) is 0 Å². The third-order valence-corrected chi connectivity index (χ3v) is 4.40. The van der Waals surface area contributed by atoms with Crippen molar-refractivity contribution in [3.05, 3.63) is 17.8 Å². The van der Waals surface area contributed by atoms with E-state index in [9.17, 15) is 4.79 Å². The topological polar surface area (TPSA) is 100 Å². The number of fused-ring (bicyclic) bond motifs is 2. The van der Waals surface area contributed by atoms with Crippen LogP contribution in [0.25, 0.3) is 11.2 Å². The van der Waals surface area contributed by atoms with Crippen LogP contribution in [0.2, 0.25) is 5.15 Å². The summed E-state index contributed by atoms with van der Waals surface area (Å²) in [6.45, 7) is 3.60. The number of ether oxygens (including phenoxy) is 3. The zero-order valence-corrected chi connectivity index (χ0v) is 14.0. The number of nitrogens with one attached hydrogen (secondary N) is 1. The predicted molar refractivity (Wildman–Crippen MR) is 82.1 cm³/mol. The van der Waals surface area contributed by atoms with Crippen LogP contribution in [0.1, 0.15) is 20.1 Å². The molecule has 0 unspecified atom stereocenters. The van der Waals surface area contributed by atoms with E-state index >= 15 is 0 Å². The zero-order valence-electron chi connectivity index (χ0n) is 13.3. The lowest BCUT2D eigenvalue weighted by atomic mass is 10.1. The number of halogens is 1. The fraction of sp³-hybridized carbons (Fsp3) is 0.571.